The zero-order chi connectivity index (χ0) is 18.1. The highest BCUT2D eigenvalue weighted by atomic mass is 16.5. The third-order valence-electron chi connectivity index (χ3n) is 4.59. The van der Waals surface area contributed by atoms with Crippen molar-refractivity contribution in [1.29, 1.82) is 0 Å². The second kappa shape index (κ2) is 6.52. The van der Waals surface area contributed by atoms with Gasteiger partial charge >= 0.3 is 0 Å². The van der Waals surface area contributed by atoms with Gasteiger partial charge in [-0.25, -0.2) is 0 Å². The zero-order valence-corrected chi connectivity index (χ0v) is 14.6. The summed E-state index contributed by atoms with van der Waals surface area (Å²) >= 11 is 0. The fourth-order valence-electron chi connectivity index (χ4n) is 3.27. The molecule has 0 fully saturated rings. The van der Waals surface area contributed by atoms with Crippen molar-refractivity contribution in [2.24, 2.45) is 0 Å². The first-order valence-corrected chi connectivity index (χ1v) is 8.30. The van der Waals surface area contributed by atoms with Gasteiger partial charge in [-0.3, -0.25) is 9.78 Å². The van der Waals surface area contributed by atoms with Crippen LogP contribution in [0.2, 0.25) is 0 Å². The van der Waals surface area contributed by atoms with E-state index < -0.39 is 0 Å². The Balaban J connectivity index is 1.76. The lowest BCUT2D eigenvalue weighted by Gasteiger charge is -2.16. The number of hydrogen-bond donors (Lipinski definition) is 0. The lowest BCUT2D eigenvalue weighted by atomic mass is 10.0. The van der Waals surface area contributed by atoms with E-state index in [2.05, 4.69) is 4.98 Å². The molecule has 0 spiro atoms. The van der Waals surface area contributed by atoms with Crippen LogP contribution in [0.15, 0.2) is 60.8 Å². The molecule has 5 heteroatoms. The number of nitrogens with zero attached hydrogens (tertiary/aromatic N) is 2. The highest BCUT2D eigenvalue weighted by Gasteiger charge is 2.31. The largest absolute Gasteiger partial charge is 0.497 e. The third kappa shape index (κ3) is 2.58. The predicted molar refractivity (Wildman–Crippen MR) is 99.7 cm³/mol. The van der Waals surface area contributed by atoms with Gasteiger partial charge in [-0.05, 0) is 42.5 Å². The summed E-state index contributed by atoms with van der Waals surface area (Å²) in [5.74, 6) is 1.47. The van der Waals surface area contributed by atoms with Crippen LogP contribution in [-0.4, -0.2) is 25.1 Å². The number of anilines is 1. The molecule has 0 saturated heterocycles. The number of ether oxygens (including phenoxy) is 2. The average molecular weight is 346 g/mol. The zero-order valence-electron chi connectivity index (χ0n) is 14.6. The number of aromatic nitrogens is 1. The molecule has 0 aliphatic carbocycles. The molecule has 0 N–H and O–H groups in total. The third-order valence-corrected chi connectivity index (χ3v) is 4.59. The second-order valence-electron chi connectivity index (χ2n) is 5.98. The van der Waals surface area contributed by atoms with Crippen LogP contribution in [0, 0.1) is 0 Å². The Kier molecular flexibility index (Phi) is 4.05. The number of benzene rings is 2. The first-order chi connectivity index (χ1) is 12.7. The van der Waals surface area contributed by atoms with Crippen LogP contribution in [-0.2, 0) is 6.54 Å². The van der Waals surface area contributed by atoms with Gasteiger partial charge in [0.05, 0.1) is 26.5 Å². The predicted octanol–water partition coefficient (Wildman–Crippen LogP) is 3.93. The normalized spacial score (nSPS) is 12.8. The number of para-hydroxylation sites is 1. The van der Waals surface area contributed by atoms with E-state index in [1.165, 1.54) is 0 Å². The van der Waals surface area contributed by atoms with E-state index in [0.717, 1.165) is 34.0 Å². The molecule has 2 aromatic carbocycles. The molecule has 1 aromatic heterocycles. The fourth-order valence-corrected chi connectivity index (χ4v) is 3.27. The first-order valence-electron chi connectivity index (χ1n) is 8.30. The molecule has 5 nitrogen and oxygen atoms in total. The number of methoxy groups -OCH3 is 2. The average Bonchev–Trinajstić information content (AvgIpc) is 3.05. The number of fused-ring (bicyclic) bond motifs is 1. The molecule has 1 amide bonds. The van der Waals surface area contributed by atoms with Crippen LogP contribution in [0.5, 0.6) is 11.5 Å². The molecule has 4 rings (SSSR count). The Morgan fingerprint density at radius 2 is 1.69 bits per heavy atom. The summed E-state index contributed by atoms with van der Waals surface area (Å²) in [6.45, 7) is 0.474. The summed E-state index contributed by atoms with van der Waals surface area (Å²) in [6, 6.07) is 17.0. The second-order valence-corrected chi connectivity index (χ2v) is 5.98. The van der Waals surface area contributed by atoms with Crippen molar-refractivity contribution in [3.8, 4) is 22.8 Å². The summed E-state index contributed by atoms with van der Waals surface area (Å²) in [5.41, 5.74) is 4.09. The van der Waals surface area contributed by atoms with Crippen LogP contribution in [0.1, 0.15) is 15.9 Å². The topological polar surface area (TPSA) is 51.7 Å². The van der Waals surface area contributed by atoms with Crippen molar-refractivity contribution in [1.82, 2.24) is 4.98 Å². The summed E-state index contributed by atoms with van der Waals surface area (Å²) in [6.07, 6.45) is 1.68. The molecule has 0 unspecified atom stereocenters. The van der Waals surface area contributed by atoms with Gasteiger partial charge in [-0.2, -0.15) is 0 Å². The summed E-state index contributed by atoms with van der Waals surface area (Å²) < 4.78 is 10.7. The molecule has 0 saturated carbocycles. The van der Waals surface area contributed by atoms with Crippen LogP contribution in [0.3, 0.4) is 0 Å². The number of hydrogen-bond acceptors (Lipinski definition) is 4. The molecule has 26 heavy (non-hydrogen) atoms. The minimum Gasteiger partial charge on any atom is -0.497 e. The number of rotatable bonds is 4. The molecule has 0 atom stereocenters. The lowest BCUT2D eigenvalue weighted by Crippen LogP contribution is -2.22. The fraction of sp³-hybridized carbons (Fsp3) is 0.143. The van der Waals surface area contributed by atoms with E-state index in [0.29, 0.717) is 12.1 Å². The van der Waals surface area contributed by atoms with Gasteiger partial charge in [0.2, 0.25) is 0 Å². The van der Waals surface area contributed by atoms with Crippen molar-refractivity contribution in [2.75, 3.05) is 19.1 Å². The van der Waals surface area contributed by atoms with Gasteiger partial charge in [0, 0.05) is 28.6 Å². The molecular weight excluding hydrogens is 328 g/mol. The lowest BCUT2D eigenvalue weighted by molar-refractivity contribution is 0.0996. The molecule has 1 aliphatic heterocycles. The quantitative estimate of drug-likeness (QED) is 0.718. The summed E-state index contributed by atoms with van der Waals surface area (Å²) in [7, 11) is 3.26. The maximum atomic E-state index is 12.9. The Morgan fingerprint density at radius 3 is 2.42 bits per heavy atom. The Labute approximate surface area is 151 Å². The van der Waals surface area contributed by atoms with Crippen LogP contribution in [0.4, 0.5) is 5.69 Å². The number of carbonyl (C=O) groups excluding carboxylic acids is 1. The smallest absolute Gasteiger partial charge is 0.259 e. The Morgan fingerprint density at radius 1 is 0.923 bits per heavy atom. The van der Waals surface area contributed by atoms with Gasteiger partial charge in [0.25, 0.3) is 5.91 Å². The van der Waals surface area contributed by atoms with Crippen LogP contribution < -0.4 is 14.4 Å². The van der Waals surface area contributed by atoms with E-state index in [1.54, 1.807) is 31.4 Å². The van der Waals surface area contributed by atoms with Gasteiger partial charge in [-0.15, -0.1) is 0 Å². The molecule has 0 radical (unpaired) electrons. The van der Waals surface area contributed by atoms with Gasteiger partial charge in [0.1, 0.15) is 11.5 Å². The minimum atomic E-state index is -0.0243. The van der Waals surface area contributed by atoms with E-state index in [-0.39, 0.29) is 5.91 Å². The van der Waals surface area contributed by atoms with Crippen molar-refractivity contribution in [3.05, 3.63) is 71.9 Å². The van der Waals surface area contributed by atoms with E-state index in [9.17, 15) is 4.79 Å². The van der Waals surface area contributed by atoms with Crippen molar-refractivity contribution < 1.29 is 14.3 Å². The highest BCUT2D eigenvalue weighted by molar-refractivity contribution is 6.11. The van der Waals surface area contributed by atoms with Crippen LogP contribution in [0.25, 0.3) is 11.3 Å². The Hall–Kier alpha value is -3.34. The molecular formula is C21H18N2O3. The molecule has 3 aromatic rings. The molecule has 1 aliphatic rings. The number of amides is 1. The Bertz CT molecular complexity index is 967. The number of pyridine rings is 1. The van der Waals surface area contributed by atoms with Gasteiger partial charge < -0.3 is 14.4 Å². The standard InChI is InChI=1S/C21H18N2O3/c1-25-15-9-7-14(8-10-15)23-13-18-16(21(23)24)11-12-22-20(18)17-5-3-4-6-19(17)26-2/h3-12H,13H2,1-2H3. The van der Waals surface area contributed by atoms with Gasteiger partial charge in [0.15, 0.2) is 0 Å². The maximum Gasteiger partial charge on any atom is 0.259 e. The van der Waals surface area contributed by atoms with Crippen LogP contribution >= 0.6 is 0 Å². The SMILES string of the molecule is COc1ccc(N2Cc3c(ccnc3-c3ccccc3OC)C2=O)cc1. The first kappa shape index (κ1) is 16.1. The van der Waals surface area contributed by atoms with Crippen molar-refractivity contribution in [3.63, 3.8) is 0 Å². The summed E-state index contributed by atoms with van der Waals surface area (Å²) in [4.78, 5) is 19.2. The highest BCUT2D eigenvalue weighted by Crippen LogP contribution is 2.37. The van der Waals surface area contributed by atoms with Crippen molar-refractivity contribution in [2.45, 2.75) is 6.54 Å². The molecule has 0 bridgehead atoms. The monoisotopic (exact) mass is 346 g/mol. The van der Waals surface area contributed by atoms with E-state index in [4.69, 9.17) is 9.47 Å². The molecule has 130 valence electrons. The van der Waals surface area contributed by atoms with Gasteiger partial charge in [-0.1, -0.05) is 12.1 Å². The van der Waals surface area contributed by atoms with Crippen molar-refractivity contribution >= 4 is 11.6 Å². The van der Waals surface area contributed by atoms with E-state index in [1.807, 2.05) is 48.5 Å². The minimum absolute atomic E-state index is 0.0243. The van der Waals surface area contributed by atoms with E-state index >= 15 is 0 Å². The molecule has 2 heterocycles. The summed E-state index contributed by atoms with van der Waals surface area (Å²) in [5, 5.41) is 0. The maximum absolute atomic E-state index is 12.9. The number of carbonyl (C=O) groups is 1.